The van der Waals surface area contributed by atoms with Gasteiger partial charge in [0.05, 0.1) is 23.4 Å². The molecule has 1 atom stereocenters. The van der Waals surface area contributed by atoms with Crippen LogP contribution in [-0.2, 0) is 21.2 Å². The first-order valence-corrected chi connectivity index (χ1v) is 11.8. The predicted molar refractivity (Wildman–Crippen MR) is 117 cm³/mol. The molecule has 1 unspecified atom stereocenters. The molecule has 0 amide bonds. The molecule has 0 saturated carbocycles. The molecule has 170 valence electrons. The Morgan fingerprint density at radius 3 is 2.67 bits per heavy atom. The quantitative estimate of drug-likeness (QED) is 0.470. The third-order valence-corrected chi connectivity index (χ3v) is 7.43. The maximum Gasteiger partial charge on any atom is 0.338 e. The molecular formula is C23H16ClF2NO5S. The fraction of sp³-hybridized carbons (Fsp3) is 0.174. The zero-order chi connectivity index (χ0) is 23.5. The number of fused-ring (bicyclic) bond motifs is 5. The zero-order valence-electron chi connectivity index (χ0n) is 17.1. The second-order valence-corrected chi connectivity index (χ2v) is 9.78. The largest absolute Gasteiger partial charge is 0.494 e. The van der Waals surface area contributed by atoms with E-state index in [0.717, 1.165) is 17.7 Å². The van der Waals surface area contributed by atoms with Gasteiger partial charge < -0.3 is 9.47 Å². The van der Waals surface area contributed by atoms with Gasteiger partial charge >= 0.3 is 5.97 Å². The van der Waals surface area contributed by atoms with Crippen molar-refractivity contribution in [1.82, 2.24) is 0 Å². The highest BCUT2D eigenvalue weighted by Gasteiger charge is 2.33. The standard InChI is InChI=1S/C23H16ClF2NO5S/c1-31-22-15(24)7-12-8-20(22)33(29,30)27-18-9-14(16(25)10-17(18)26)13-4-2-3-11-5-6-19(21(11)13)32-23(12)28/h2-4,7-10,19,27H,5-6H2,1H3. The summed E-state index contributed by atoms with van der Waals surface area (Å²) in [4.78, 5) is 12.5. The highest BCUT2D eigenvalue weighted by atomic mass is 35.5. The van der Waals surface area contributed by atoms with Gasteiger partial charge in [-0.25, -0.2) is 22.0 Å². The number of sulfonamides is 1. The van der Waals surface area contributed by atoms with E-state index in [2.05, 4.69) is 4.72 Å². The summed E-state index contributed by atoms with van der Waals surface area (Å²) in [7, 11) is -3.29. The van der Waals surface area contributed by atoms with Crippen LogP contribution in [0.25, 0.3) is 11.1 Å². The van der Waals surface area contributed by atoms with Gasteiger partial charge in [-0.05, 0) is 42.2 Å². The van der Waals surface area contributed by atoms with Crippen molar-refractivity contribution in [2.45, 2.75) is 23.8 Å². The third-order valence-electron chi connectivity index (χ3n) is 5.77. The van der Waals surface area contributed by atoms with Crippen molar-refractivity contribution >= 4 is 33.3 Å². The minimum absolute atomic E-state index is 0.0233. The van der Waals surface area contributed by atoms with Crippen LogP contribution in [0.2, 0.25) is 5.02 Å². The van der Waals surface area contributed by atoms with E-state index in [1.807, 2.05) is 6.07 Å². The van der Waals surface area contributed by atoms with E-state index in [9.17, 15) is 22.0 Å². The van der Waals surface area contributed by atoms with Crippen molar-refractivity contribution in [2.24, 2.45) is 0 Å². The molecule has 0 aromatic heterocycles. The first-order valence-electron chi connectivity index (χ1n) is 9.92. The summed E-state index contributed by atoms with van der Waals surface area (Å²) in [6, 6.07) is 9.18. The van der Waals surface area contributed by atoms with Gasteiger partial charge in [0.2, 0.25) is 0 Å². The van der Waals surface area contributed by atoms with Crippen molar-refractivity contribution in [1.29, 1.82) is 0 Å². The average molecular weight is 492 g/mol. The number of ether oxygens (including phenoxy) is 2. The van der Waals surface area contributed by atoms with Crippen LogP contribution in [0.3, 0.4) is 0 Å². The van der Waals surface area contributed by atoms with Crippen LogP contribution in [0.4, 0.5) is 14.5 Å². The second kappa shape index (κ2) is 7.71. The van der Waals surface area contributed by atoms with Gasteiger partial charge in [-0.3, -0.25) is 4.72 Å². The number of anilines is 1. The summed E-state index contributed by atoms with van der Waals surface area (Å²) in [5.74, 6) is -3.02. The molecular weight excluding hydrogens is 476 g/mol. The Morgan fingerprint density at radius 1 is 1.12 bits per heavy atom. The molecule has 3 aromatic carbocycles. The Labute approximate surface area is 193 Å². The molecule has 0 saturated heterocycles. The van der Waals surface area contributed by atoms with Gasteiger partial charge in [0, 0.05) is 17.2 Å². The first-order chi connectivity index (χ1) is 15.7. The molecule has 0 fully saturated rings. The van der Waals surface area contributed by atoms with Gasteiger partial charge in [0.25, 0.3) is 10.0 Å². The smallest absolute Gasteiger partial charge is 0.338 e. The molecule has 0 spiro atoms. The molecule has 1 heterocycles. The van der Waals surface area contributed by atoms with Crippen LogP contribution in [0, 0.1) is 11.6 Å². The third kappa shape index (κ3) is 3.52. The molecule has 5 rings (SSSR count). The number of hydrogen-bond donors (Lipinski definition) is 1. The van der Waals surface area contributed by atoms with E-state index in [1.54, 1.807) is 12.1 Å². The van der Waals surface area contributed by atoms with Gasteiger partial charge in [-0.15, -0.1) is 0 Å². The lowest BCUT2D eigenvalue weighted by Crippen LogP contribution is -2.17. The molecule has 6 nitrogen and oxygen atoms in total. The van der Waals surface area contributed by atoms with E-state index in [0.29, 0.717) is 30.0 Å². The molecule has 1 aliphatic carbocycles. The molecule has 1 aliphatic heterocycles. The first kappa shape index (κ1) is 21.7. The molecule has 1 N–H and O–H groups in total. The number of nitrogens with one attached hydrogen (secondary N) is 1. The van der Waals surface area contributed by atoms with Gasteiger partial charge in [-0.1, -0.05) is 29.8 Å². The van der Waals surface area contributed by atoms with Crippen LogP contribution in [0.15, 0.2) is 47.4 Å². The van der Waals surface area contributed by atoms with Crippen molar-refractivity contribution in [3.63, 3.8) is 0 Å². The lowest BCUT2D eigenvalue weighted by Gasteiger charge is -2.18. The van der Waals surface area contributed by atoms with E-state index in [1.165, 1.54) is 13.2 Å². The topological polar surface area (TPSA) is 81.7 Å². The number of aryl methyl sites for hydroxylation is 1. The number of benzene rings is 3. The summed E-state index contributed by atoms with van der Waals surface area (Å²) in [5, 5.41) is -0.144. The van der Waals surface area contributed by atoms with Crippen LogP contribution < -0.4 is 9.46 Å². The molecule has 2 aliphatic rings. The Hall–Kier alpha value is -3.17. The Balaban J connectivity index is 1.83. The molecule has 33 heavy (non-hydrogen) atoms. The van der Waals surface area contributed by atoms with E-state index in [4.69, 9.17) is 21.1 Å². The van der Waals surface area contributed by atoms with E-state index < -0.39 is 44.3 Å². The SMILES string of the molecule is COc1c(Cl)cc2cc1S(=O)(=O)Nc1cc(c(F)cc1F)-c1cccc3c1C(CC3)OC2=O. The molecule has 0 radical (unpaired) electrons. The summed E-state index contributed by atoms with van der Waals surface area (Å²) in [6.45, 7) is 0. The Morgan fingerprint density at radius 2 is 1.91 bits per heavy atom. The van der Waals surface area contributed by atoms with Gasteiger partial charge in [0.1, 0.15) is 22.6 Å². The Bertz CT molecular complexity index is 1440. The number of esters is 1. The number of rotatable bonds is 1. The van der Waals surface area contributed by atoms with Crippen LogP contribution in [0.5, 0.6) is 5.75 Å². The van der Waals surface area contributed by atoms with Crippen molar-refractivity contribution in [3.8, 4) is 16.9 Å². The van der Waals surface area contributed by atoms with E-state index in [-0.39, 0.29) is 21.9 Å². The van der Waals surface area contributed by atoms with Crippen LogP contribution in [-0.4, -0.2) is 21.5 Å². The summed E-state index contributed by atoms with van der Waals surface area (Å²) < 4.78 is 68.8. The number of carbonyl (C=O) groups is 1. The fourth-order valence-electron chi connectivity index (χ4n) is 4.31. The van der Waals surface area contributed by atoms with Gasteiger partial charge in [-0.2, -0.15) is 0 Å². The zero-order valence-corrected chi connectivity index (χ0v) is 18.7. The second-order valence-electron chi connectivity index (χ2n) is 7.72. The number of carbonyl (C=O) groups excluding carboxylic acids is 1. The van der Waals surface area contributed by atoms with E-state index >= 15 is 0 Å². The molecule has 3 aromatic rings. The molecule has 10 heteroatoms. The number of halogens is 3. The maximum atomic E-state index is 14.9. The summed E-state index contributed by atoms with van der Waals surface area (Å²) >= 11 is 6.20. The van der Waals surface area contributed by atoms with Crippen molar-refractivity contribution < 1.29 is 31.5 Å². The van der Waals surface area contributed by atoms with Crippen molar-refractivity contribution in [3.05, 3.63) is 75.8 Å². The summed E-state index contributed by atoms with van der Waals surface area (Å²) in [5.41, 5.74) is 1.24. The Kier molecular flexibility index (Phi) is 5.06. The number of hydrogen-bond acceptors (Lipinski definition) is 5. The van der Waals surface area contributed by atoms with Gasteiger partial charge in [0.15, 0.2) is 5.75 Å². The normalized spacial score (nSPS) is 18.2. The minimum Gasteiger partial charge on any atom is -0.494 e. The maximum absolute atomic E-state index is 14.9. The molecule has 4 bridgehead atoms. The highest BCUT2D eigenvalue weighted by Crippen LogP contribution is 2.44. The fourth-order valence-corrected chi connectivity index (χ4v) is 5.94. The van der Waals surface area contributed by atoms with Crippen molar-refractivity contribution in [2.75, 3.05) is 11.8 Å². The number of methoxy groups -OCH3 is 1. The average Bonchev–Trinajstić information content (AvgIpc) is 3.17. The monoisotopic (exact) mass is 491 g/mol. The predicted octanol–water partition coefficient (Wildman–Crippen LogP) is 5.25. The van der Waals surface area contributed by atoms with Crippen LogP contribution >= 0.6 is 11.6 Å². The lowest BCUT2D eigenvalue weighted by molar-refractivity contribution is 0.0302. The minimum atomic E-state index is -4.50. The highest BCUT2D eigenvalue weighted by molar-refractivity contribution is 7.92. The van der Waals surface area contributed by atoms with Crippen LogP contribution in [0.1, 0.15) is 34.0 Å². The summed E-state index contributed by atoms with van der Waals surface area (Å²) in [6.07, 6.45) is 0.352. The lowest BCUT2D eigenvalue weighted by atomic mass is 9.95.